The molecule has 0 amide bonds. The molecule has 0 radical (unpaired) electrons. The standard InChI is InChI=1S/C9H14O/c10-6-9-4-7-1-2-8(3-7)5-9/h1-2,7-10H,3-6H2. The molecule has 2 bridgehead atoms. The van der Waals surface area contributed by atoms with E-state index < -0.39 is 0 Å². The Kier molecular flexibility index (Phi) is 1.53. The van der Waals surface area contributed by atoms with Gasteiger partial charge in [0.05, 0.1) is 0 Å². The van der Waals surface area contributed by atoms with Crippen LogP contribution in [0.4, 0.5) is 0 Å². The quantitative estimate of drug-likeness (QED) is 0.545. The summed E-state index contributed by atoms with van der Waals surface area (Å²) in [5.74, 6) is 2.20. The van der Waals surface area contributed by atoms with Gasteiger partial charge in [0.2, 0.25) is 0 Å². The third kappa shape index (κ3) is 0.988. The van der Waals surface area contributed by atoms with Gasteiger partial charge in [-0.2, -0.15) is 0 Å². The number of hydrogen-bond donors (Lipinski definition) is 1. The lowest BCUT2D eigenvalue weighted by molar-refractivity contribution is 0.163. The van der Waals surface area contributed by atoms with Crippen LogP contribution in [-0.2, 0) is 0 Å². The normalized spacial score (nSPS) is 44.3. The summed E-state index contributed by atoms with van der Waals surface area (Å²) in [6.07, 6.45) is 8.48. The fourth-order valence-electron chi connectivity index (χ4n) is 2.31. The Hall–Kier alpha value is -0.300. The van der Waals surface area contributed by atoms with Gasteiger partial charge in [-0.15, -0.1) is 0 Å². The van der Waals surface area contributed by atoms with E-state index in [1.807, 2.05) is 0 Å². The van der Waals surface area contributed by atoms with E-state index in [1.54, 1.807) is 0 Å². The van der Waals surface area contributed by atoms with E-state index in [4.69, 9.17) is 5.11 Å². The van der Waals surface area contributed by atoms with Gasteiger partial charge >= 0.3 is 0 Å². The van der Waals surface area contributed by atoms with Gasteiger partial charge in [-0.3, -0.25) is 0 Å². The number of fused-ring (bicyclic) bond motifs is 2. The minimum absolute atomic E-state index is 0.398. The molecule has 1 N–H and O–H groups in total. The van der Waals surface area contributed by atoms with E-state index in [9.17, 15) is 0 Å². The topological polar surface area (TPSA) is 20.2 Å². The fraction of sp³-hybridized carbons (Fsp3) is 0.778. The second-order valence-electron chi connectivity index (χ2n) is 3.66. The summed E-state index contributed by atoms with van der Waals surface area (Å²) in [5.41, 5.74) is 0. The molecular weight excluding hydrogens is 124 g/mol. The molecule has 1 nitrogen and oxygen atoms in total. The van der Waals surface area contributed by atoms with Gasteiger partial charge in [0, 0.05) is 6.61 Å². The molecular formula is C9H14O. The van der Waals surface area contributed by atoms with Crippen molar-refractivity contribution in [3.63, 3.8) is 0 Å². The predicted octanol–water partition coefficient (Wildman–Crippen LogP) is 1.58. The molecule has 1 fully saturated rings. The fourth-order valence-corrected chi connectivity index (χ4v) is 2.31. The van der Waals surface area contributed by atoms with Crippen LogP contribution in [0.25, 0.3) is 0 Å². The highest BCUT2D eigenvalue weighted by Crippen LogP contribution is 2.39. The van der Waals surface area contributed by atoms with E-state index in [0.29, 0.717) is 12.5 Å². The first-order valence-electron chi connectivity index (χ1n) is 4.17. The van der Waals surface area contributed by atoms with Crippen molar-refractivity contribution in [2.75, 3.05) is 6.61 Å². The highest BCUT2D eigenvalue weighted by atomic mass is 16.3. The highest BCUT2D eigenvalue weighted by Gasteiger charge is 2.29. The number of hydrogen-bond acceptors (Lipinski definition) is 1. The molecule has 0 aliphatic heterocycles. The first-order chi connectivity index (χ1) is 4.88. The third-order valence-electron chi connectivity index (χ3n) is 2.79. The molecule has 56 valence electrons. The van der Waals surface area contributed by atoms with Crippen LogP contribution in [0.2, 0.25) is 0 Å². The zero-order valence-corrected chi connectivity index (χ0v) is 6.16. The molecule has 1 saturated carbocycles. The second kappa shape index (κ2) is 2.39. The van der Waals surface area contributed by atoms with Gasteiger partial charge in [0.15, 0.2) is 0 Å². The van der Waals surface area contributed by atoms with Crippen LogP contribution in [0.15, 0.2) is 12.2 Å². The molecule has 1 heteroatoms. The summed E-state index contributed by atoms with van der Waals surface area (Å²) in [7, 11) is 0. The zero-order chi connectivity index (χ0) is 6.97. The minimum atomic E-state index is 0.398. The van der Waals surface area contributed by atoms with Crippen molar-refractivity contribution in [3.8, 4) is 0 Å². The van der Waals surface area contributed by atoms with Gasteiger partial charge in [-0.05, 0) is 37.0 Å². The average Bonchev–Trinajstić information content (AvgIpc) is 2.30. The van der Waals surface area contributed by atoms with Crippen molar-refractivity contribution in [3.05, 3.63) is 12.2 Å². The molecule has 0 aromatic carbocycles. The van der Waals surface area contributed by atoms with Crippen LogP contribution < -0.4 is 0 Å². The van der Waals surface area contributed by atoms with Crippen molar-refractivity contribution in [2.24, 2.45) is 17.8 Å². The van der Waals surface area contributed by atoms with Crippen LogP contribution in [0.1, 0.15) is 19.3 Å². The maximum absolute atomic E-state index is 8.93. The third-order valence-corrected chi connectivity index (χ3v) is 2.79. The van der Waals surface area contributed by atoms with Crippen molar-refractivity contribution >= 4 is 0 Å². The van der Waals surface area contributed by atoms with E-state index in [0.717, 1.165) is 11.8 Å². The lowest BCUT2D eigenvalue weighted by Crippen LogP contribution is -2.19. The molecule has 2 aliphatic rings. The van der Waals surface area contributed by atoms with Gasteiger partial charge in [0.1, 0.15) is 0 Å². The summed E-state index contributed by atoms with van der Waals surface area (Å²) in [5, 5.41) is 8.93. The molecule has 0 spiro atoms. The number of allylic oxidation sites excluding steroid dienone is 2. The van der Waals surface area contributed by atoms with Crippen molar-refractivity contribution in [2.45, 2.75) is 19.3 Å². The summed E-state index contributed by atoms with van der Waals surface area (Å²) in [4.78, 5) is 0. The van der Waals surface area contributed by atoms with Crippen LogP contribution in [-0.4, -0.2) is 11.7 Å². The Labute approximate surface area is 61.8 Å². The van der Waals surface area contributed by atoms with E-state index >= 15 is 0 Å². The van der Waals surface area contributed by atoms with E-state index in [1.165, 1.54) is 19.3 Å². The van der Waals surface area contributed by atoms with Crippen molar-refractivity contribution < 1.29 is 5.11 Å². The van der Waals surface area contributed by atoms with Crippen molar-refractivity contribution in [1.29, 1.82) is 0 Å². The van der Waals surface area contributed by atoms with E-state index in [2.05, 4.69) is 12.2 Å². The summed E-state index contributed by atoms with van der Waals surface area (Å²) in [6, 6.07) is 0. The van der Waals surface area contributed by atoms with Crippen LogP contribution in [0, 0.1) is 17.8 Å². The van der Waals surface area contributed by atoms with Gasteiger partial charge in [0.25, 0.3) is 0 Å². The summed E-state index contributed by atoms with van der Waals surface area (Å²) < 4.78 is 0. The molecule has 0 heterocycles. The van der Waals surface area contributed by atoms with Gasteiger partial charge in [-0.25, -0.2) is 0 Å². The van der Waals surface area contributed by atoms with Crippen LogP contribution in [0.5, 0.6) is 0 Å². The monoisotopic (exact) mass is 138 g/mol. The number of aliphatic hydroxyl groups is 1. The first kappa shape index (κ1) is 6.41. The Balaban J connectivity index is 2.01. The SMILES string of the molecule is OCC1CC2C=CC(C2)C1. The Morgan fingerprint density at radius 2 is 1.70 bits per heavy atom. The molecule has 0 saturated heterocycles. The average molecular weight is 138 g/mol. The Morgan fingerprint density at radius 1 is 1.10 bits per heavy atom. The van der Waals surface area contributed by atoms with Gasteiger partial charge < -0.3 is 5.11 Å². The lowest BCUT2D eigenvalue weighted by atomic mass is 9.80. The van der Waals surface area contributed by atoms with E-state index in [-0.39, 0.29) is 0 Å². The zero-order valence-electron chi connectivity index (χ0n) is 6.16. The Morgan fingerprint density at radius 3 is 2.20 bits per heavy atom. The van der Waals surface area contributed by atoms with Crippen molar-refractivity contribution in [1.82, 2.24) is 0 Å². The van der Waals surface area contributed by atoms with Crippen LogP contribution in [0.3, 0.4) is 0 Å². The number of rotatable bonds is 1. The van der Waals surface area contributed by atoms with Crippen LogP contribution >= 0.6 is 0 Å². The molecule has 0 aromatic heterocycles. The molecule has 0 aromatic rings. The lowest BCUT2D eigenvalue weighted by Gasteiger charge is -2.25. The maximum Gasteiger partial charge on any atom is 0.0459 e. The largest absolute Gasteiger partial charge is 0.396 e. The number of aliphatic hydroxyl groups excluding tert-OH is 1. The smallest absolute Gasteiger partial charge is 0.0459 e. The molecule has 2 aliphatic carbocycles. The second-order valence-corrected chi connectivity index (χ2v) is 3.66. The summed E-state index contributed by atoms with van der Waals surface area (Å²) >= 11 is 0. The predicted molar refractivity (Wildman–Crippen MR) is 40.5 cm³/mol. The highest BCUT2D eigenvalue weighted by molar-refractivity contribution is 5.05. The molecule has 10 heavy (non-hydrogen) atoms. The Bertz CT molecular complexity index is 137. The minimum Gasteiger partial charge on any atom is -0.396 e. The molecule has 2 rings (SSSR count). The van der Waals surface area contributed by atoms with Gasteiger partial charge in [-0.1, -0.05) is 12.2 Å². The maximum atomic E-state index is 8.93. The molecule has 2 atom stereocenters. The molecule has 2 unspecified atom stereocenters. The summed E-state index contributed by atoms with van der Waals surface area (Å²) in [6.45, 7) is 0.398. The first-order valence-corrected chi connectivity index (χ1v) is 4.17.